The van der Waals surface area contributed by atoms with Crippen LogP contribution in [-0.4, -0.2) is 23.7 Å². The Balaban J connectivity index is 5.69. The zero-order valence-corrected chi connectivity index (χ0v) is 7.73. The van der Waals surface area contributed by atoms with Gasteiger partial charge in [-0.1, -0.05) is 0 Å². The van der Waals surface area contributed by atoms with E-state index in [0.717, 1.165) is 0 Å². The van der Waals surface area contributed by atoms with Gasteiger partial charge < -0.3 is 0 Å². The van der Waals surface area contributed by atoms with Gasteiger partial charge in [0.25, 0.3) is 0 Å². The quantitative estimate of drug-likeness (QED) is 0.516. The molecule has 0 heterocycles. The molecule has 0 rings (SSSR count). The van der Waals surface area contributed by atoms with E-state index >= 15 is 0 Å². The van der Waals surface area contributed by atoms with Gasteiger partial charge in [-0.3, -0.25) is 0 Å². The molecule has 0 aromatic carbocycles. The molecule has 0 N–H and O–H groups in total. The summed E-state index contributed by atoms with van der Waals surface area (Å²) in [5, 5.41) is 0. The summed E-state index contributed by atoms with van der Waals surface area (Å²) in [4.78, 5) is -2.84. The molecular formula is C6H3F10N. The van der Waals surface area contributed by atoms with Crippen LogP contribution in [-0.2, 0) is 0 Å². The second-order valence-electron chi connectivity index (χ2n) is 2.68. The number of hydrogen-bond acceptors (Lipinski definition) is 1. The first-order valence-corrected chi connectivity index (χ1v) is 3.56. The van der Waals surface area contributed by atoms with Crippen molar-refractivity contribution in [2.24, 2.45) is 0 Å². The molecule has 0 bridgehead atoms. The van der Waals surface area contributed by atoms with Crippen LogP contribution in [0.5, 0.6) is 0 Å². The highest BCUT2D eigenvalue weighted by Crippen LogP contribution is 2.41. The van der Waals surface area contributed by atoms with Gasteiger partial charge >= 0.3 is 18.8 Å². The van der Waals surface area contributed by atoms with Gasteiger partial charge in [0.2, 0.25) is 5.95 Å². The summed E-state index contributed by atoms with van der Waals surface area (Å²) in [7, 11) is 0. The lowest BCUT2D eigenvalue weighted by Crippen LogP contribution is -2.47. The molecule has 0 unspecified atom stereocenters. The summed E-state index contributed by atoms with van der Waals surface area (Å²) in [5.41, 5.74) is -2.63. The van der Waals surface area contributed by atoms with Gasteiger partial charge in [-0.15, -0.1) is 26.3 Å². The maximum absolute atomic E-state index is 12.6. The van der Waals surface area contributed by atoms with Crippen LogP contribution >= 0.6 is 0 Å². The van der Waals surface area contributed by atoms with Crippen LogP contribution in [0.15, 0.2) is 11.5 Å². The van der Waals surface area contributed by atoms with E-state index in [-0.39, 0.29) is 6.92 Å². The van der Waals surface area contributed by atoms with Crippen molar-refractivity contribution in [2.75, 3.05) is 0 Å². The number of nitrogens with zero attached hydrogens (tertiary/aromatic N) is 1. The Bertz CT molecular complexity index is 290. The molecule has 1 nitrogen and oxygen atoms in total. The minimum absolute atomic E-state index is 0.236. The molecule has 0 fully saturated rings. The van der Waals surface area contributed by atoms with Crippen molar-refractivity contribution in [1.29, 1.82) is 0 Å². The van der Waals surface area contributed by atoms with Gasteiger partial charge in [0.05, 0.1) is 5.57 Å². The summed E-state index contributed by atoms with van der Waals surface area (Å²) in [5.74, 6) is -3.46. The van der Waals surface area contributed by atoms with E-state index in [9.17, 15) is 43.9 Å². The van der Waals surface area contributed by atoms with Crippen LogP contribution in [0, 0.1) is 0 Å². The fraction of sp³-hybridized carbons (Fsp3) is 0.667. The maximum atomic E-state index is 12.6. The highest BCUT2D eigenvalue weighted by molar-refractivity contribution is 5.11. The minimum Gasteiger partial charge on any atom is -0.186 e. The van der Waals surface area contributed by atoms with Crippen molar-refractivity contribution in [2.45, 2.75) is 25.7 Å². The zero-order valence-electron chi connectivity index (χ0n) is 7.73. The molecule has 17 heavy (non-hydrogen) atoms. The molecule has 0 aromatic rings. The first-order valence-electron chi connectivity index (χ1n) is 3.56. The second-order valence-corrected chi connectivity index (χ2v) is 2.68. The molecule has 11 heteroatoms. The number of allylic oxidation sites excluding steroid dienone is 1. The Morgan fingerprint density at radius 3 is 1.24 bits per heavy atom. The van der Waals surface area contributed by atoms with E-state index in [1.54, 1.807) is 0 Å². The SMILES string of the molecule is CC(=C(F)N(C(F)(F)F)C(F)(F)F)C(F)(F)F. The average molecular weight is 279 g/mol. The average Bonchev–Trinajstić information content (AvgIpc) is 1.94. The molecule has 0 aromatic heterocycles. The van der Waals surface area contributed by atoms with Gasteiger partial charge in [-0.05, 0) is 6.92 Å². The molecule has 0 saturated carbocycles. The highest BCUT2D eigenvalue weighted by atomic mass is 19.4. The Morgan fingerprint density at radius 1 is 0.765 bits per heavy atom. The van der Waals surface area contributed by atoms with Crippen molar-refractivity contribution >= 4 is 0 Å². The topological polar surface area (TPSA) is 3.24 Å². The van der Waals surface area contributed by atoms with E-state index in [2.05, 4.69) is 0 Å². The summed E-state index contributed by atoms with van der Waals surface area (Å²) in [6.45, 7) is -0.236. The van der Waals surface area contributed by atoms with Crippen molar-refractivity contribution < 1.29 is 43.9 Å². The van der Waals surface area contributed by atoms with Gasteiger partial charge in [-0.2, -0.15) is 22.5 Å². The first-order chi connectivity index (χ1) is 7.19. The summed E-state index contributed by atoms with van der Waals surface area (Å²) in [6, 6.07) is 0. The number of halogens is 10. The third-order valence-electron chi connectivity index (χ3n) is 1.44. The fourth-order valence-electron chi connectivity index (χ4n) is 0.651. The molecule has 0 aliphatic carbocycles. The maximum Gasteiger partial charge on any atom is 0.493 e. The van der Waals surface area contributed by atoms with E-state index < -0.39 is 35.2 Å². The van der Waals surface area contributed by atoms with Crippen LogP contribution in [0.1, 0.15) is 6.92 Å². The molecule has 0 atom stereocenters. The minimum atomic E-state index is -6.35. The Labute approximate surface area is 87.3 Å². The lowest BCUT2D eigenvalue weighted by molar-refractivity contribution is -0.365. The van der Waals surface area contributed by atoms with Gasteiger partial charge in [0.15, 0.2) is 0 Å². The normalized spacial score (nSPS) is 15.7. The number of rotatable bonds is 1. The molecule has 0 amide bonds. The standard InChI is InChI=1S/C6H3F10N/c1-2(4(8,9)10)3(7)17(5(11,12)13)6(14,15)16/h1H3. The highest BCUT2D eigenvalue weighted by Gasteiger charge is 2.57. The smallest absolute Gasteiger partial charge is 0.186 e. The van der Waals surface area contributed by atoms with Gasteiger partial charge in [0, 0.05) is 0 Å². The number of alkyl halides is 9. The second kappa shape index (κ2) is 4.26. The van der Waals surface area contributed by atoms with E-state index in [1.807, 2.05) is 0 Å². The molecule has 0 aliphatic rings. The predicted octanol–water partition coefficient (Wildman–Crippen LogP) is 4.09. The first kappa shape index (κ1) is 15.8. The fourth-order valence-corrected chi connectivity index (χ4v) is 0.651. The Kier molecular flexibility index (Phi) is 3.97. The van der Waals surface area contributed by atoms with Gasteiger partial charge in [0.1, 0.15) is 0 Å². The van der Waals surface area contributed by atoms with E-state index in [0.29, 0.717) is 0 Å². The van der Waals surface area contributed by atoms with Crippen LogP contribution < -0.4 is 0 Å². The molecule has 0 radical (unpaired) electrons. The lowest BCUT2D eigenvalue weighted by atomic mass is 10.3. The zero-order chi connectivity index (χ0) is 14.2. The summed E-state index contributed by atoms with van der Waals surface area (Å²) >= 11 is 0. The Hall–Kier alpha value is -1.16. The van der Waals surface area contributed by atoms with Crippen LogP contribution in [0.3, 0.4) is 0 Å². The van der Waals surface area contributed by atoms with Crippen molar-refractivity contribution in [1.82, 2.24) is 4.90 Å². The molecule has 0 spiro atoms. The van der Waals surface area contributed by atoms with Crippen molar-refractivity contribution in [3.8, 4) is 0 Å². The Morgan fingerprint density at radius 2 is 1.06 bits per heavy atom. The van der Waals surface area contributed by atoms with Crippen molar-refractivity contribution in [3.05, 3.63) is 11.5 Å². The molecule has 0 saturated heterocycles. The van der Waals surface area contributed by atoms with Crippen molar-refractivity contribution in [3.63, 3.8) is 0 Å². The van der Waals surface area contributed by atoms with Crippen LogP contribution in [0.2, 0.25) is 0 Å². The largest absolute Gasteiger partial charge is 0.493 e. The summed E-state index contributed by atoms with van der Waals surface area (Å²) < 4.78 is 119. The third kappa shape index (κ3) is 3.97. The molecular weight excluding hydrogens is 276 g/mol. The van der Waals surface area contributed by atoms with E-state index in [1.165, 1.54) is 0 Å². The number of hydrogen-bond donors (Lipinski definition) is 0. The molecule has 102 valence electrons. The van der Waals surface area contributed by atoms with E-state index in [4.69, 9.17) is 0 Å². The third-order valence-corrected chi connectivity index (χ3v) is 1.44. The molecule has 0 aliphatic heterocycles. The predicted molar refractivity (Wildman–Crippen MR) is 33.8 cm³/mol. The van der Waals surface area contributed by atoms with Crippen LogP contribution in [0.25, 0.3) is 0 Å². The lowest BCUT2D eigenvalue weighted by Gasteiger charge is -2.27. The van der Waals surface area contributed by atoms with Crippen LogP contribution in [0.4, 0.5) is 43.9 Å². The summed E-state index contributed by atoms with van der Waals surface area (Å²) in [6.07, 6.45) is -18.3. The monoisotopic (exact) mass is 279 g/mol. The van der Waals surface area contributed by atoms with Gasteiger partial charge in [-0.25, -0.2) is 0 Å².